The van der Waals surface area contributed by atoms with Gasteiger partial charge in [-0.1, -0.05) is 30.3 Å². The van der Waals surface area contributed by atoms with Crippen molar-refractivity contribution in [3.63, 3.8) is 0 Å². The van der Waals surface area contributed by atoms with Crippen molar-refractivity contribution in [2.45, 2.75) is 5.79 Å². The van der Waals surface area contributed by atoms with E-state index in [1.165, 1.54) is 0 Å². The highest BCUT2D eigenvalue weighted by atomic mass is 16.7. The molecule has 1 aromatic heterocycles. The van der Waals surface area contributed by atoms with E-state index in [-0.39, 0.29) is 0 Å². The first-order chi connectivity index (χ1) is 10.7. The van der Waals surface area contributed by atoms with Gasteiger partial charge < -0.3 is 19.2 Å². The fourth-order valence-electron chi connectivity index (χ4n) is 2.84. The van der Waals surface area contributed by atoms with Crippen molar-refractivity contribution in [2.75, 3.05) is 21.3 Å². The third kappa shape index (κ3) is 2.17. The molecule has 114 valence electrons. The van der Waals surface area contributed by atoms with Gasteiger partial charge in [-0.3, -0.25) is 0 Å². The second kappa shape index (κ2) is 5.83. The summed E-state index contributed by atoms with van der Waals surface area (Å²) in [6.07, 6.45) is 0. The van der Waals surface area contributed by atoms with Crippen LogP contribution in [0.5, 0.6) is 5.75 Å². The number of rotatable bonds is 5. The molecule has 0 aliphatic carbocycles. The number of nitrogens with one attached hydrogen (secondary N) is 1. The van der Waals surface area contributed by atoms with Crippen LogP contribution in [-0.4, -0.2) is 26.3 Å². The van der Waals surface area contributed by atoms with Gasteiger partial charge >= 0.3 is 0 Å². The number of aromatic nitrogens is 1. The summed E-state index contributed by atoms with van der Waals surface area (Å²) in [5.41, 5.74) is 2.67. The van der Waals surface area contributed by atoms with Gasteiger partial charge in [0.05, 0.1) is 18.4 Å². The van der Waals surface area contributed by atoms with E-state index in [1.807, 2.05) is 54.6 Å². The van der Waals surface area contributed by atoms with Crippen molar-refractivity contribution >= 4 is 10.9 Å². The molecule has 2 aromatic carbocycles. The minimum atomic E-state index is -1.05. The Morgan fingerprint density at radius 1 is 0.864 bits per heavy atom. The van der Waals surface area contributed by atoms with Crippen molar-refractivity contribution in [2.24, 2.45) is 0 Å². The van der Waals surface area contributed by atoms with E-state index in [9.17, 15) is 0 Å². The van der Waals surface area contributed by atoms with E-state index in [1.54, 1.807) is 21.3 Å². The predicted octanol–water partition coefficient (Wildman–Crippen LogP) is 3.67. The molecule has 0 radical (unpaired) electrons. The Morgan fingerprint density at radius 2 is 1.55 bits per heavy atom. The number of hydrogen-bond donors (Lipinski definition) is 1. The summed E-state index contributed by atoms with van der Waals surface area (Å²) < 4.78 is 17.1. The molecule has 0 saturated carbocycles. The monoisotopic (exact) mass is 297 g/mol. The molecule has 4 nitrogen and oxygen atoms in total. The lowest BCUT2D eigenvalue weighted by Crippen LogP contribution is -2.33. The number of benzene rings is 2. The Labute approximate surface area is 129 Å². The normalized spacial score (nSPS) is 11.8. The zero-order valence-corrected chi connectivity index (χ0v) is 12.9. The van der Waals surface area contributed by atoms with Crippen LogP contribution in [0.25, 0.3) is 10.9 Å². The lowest BCUT2D eigenvalue weighted by Gasteiger charge is -2.31. The largest absolute Gasteiger partial charge is 0.496 e. The number of methoxy groups -OCH3 is 3. The van der Waals surface area contributed by atoms with Crippen LogP contribution in [0.4, 0.5) is 0 Å². The van der Waals surface area contributed by atoms with Crippen LogP contribution in [0, 0.1) is 0 Å². The van der Waals surface area contributed by atoms with Gasteiger partial charge in [0.1, 0.15) is 5.75 Å². The van der Waals surface area contributed by atoms with Gasteiger partial charge in [-0.15, -0.1) is 0 Å². The molecule has 0 bridgehead atoms. The zero-order chi connectivity index (χ0) is 15.6. The maximum absolute atomic E-state index is 5.80. The standard InChI is InChI=1S/C18H19NO3/c1-20-16-11-7-5-9-14(16)18(21-2,22-3)17-12-13-8-4-6-10-15(13)19-17/h4-12,19H,1-3H3. The number of H-pyrrole nitrogens is 1. The number of aromatic amines is 1. The minimum absolute atomic E-state index is 0.713. The van der Waals surface area contributed by atoms with Crippen LogP contribution in [0.1, 0.15) is 11.3 Å². The summed E-state index contributed by atoms with van der Waals surface area (Å²) in [6.45, 7) is 0. The molecule has 22 heavy (non-hydrogen) atoms. The second-order valence-electron chi connectivity index (χ2n) is 5.00. The van der Waals surface area contributed by atoms with Crippen LogP contribution in [0.15, 0.2) is 54.6 Å². The van der Waals surface area contributed by atoms with Crippen LogP contribution in [0.2, 0.25) is 0 Å². The van der Waals surface area contributed by atoms with Gasteiger partial charge in [0, 0.05) is 19.7 Å². The zero-order valence-electron chi connectivity index (χ0n) is 12.9. The Morgan fingerprint density at radius 3 is 2.23 bits per heavy atom. The molecule has 3 aromatic rings. The van der Waals surface area contributed by atoms with E-state index < -0.39 is 5.79 Å². The summed E-state index contributed by atoms with van der Waals surface area (Å²) in [5, 5.41) is 1.10. The molecule has 0 aliphatic heterocycles. The van der Waals surface area contributed by atoms with Crippen LogP contribution in [0.3, 0.4) is 0 Å². The summed E-state index contributed by atoms with van der Waals surface area (Å²) >= 11 is 0. The Kier molecular flexibility index (Phi) is 3.88. The Balaban J connectivity index is 2.23. The van der Waals surface area contributed by atoms with Crippen molar-refractivity contribution in [1.82, 2.24) is 4.98 Å². The molecule has 0 amide bonds. The summed E-state index contributed by atoms with van der Waals surface area (Å²) in [5.74, 6) is -0.337. The van der Waals surface area contributed by atoms with Crippen LogP contribution in [-0.2, 0) is 15.3 Å². The van der Waals surface area contributed by atoms with Gasteiger partial charge in [-0.05, 0) is 29.7 Å². The van der Waals surface area contributed by atoms with Gasteiger partial charge in [0.25, 0.3) is 0 Å². The summed E-state index contributed by atoms with van der Waals surface area (Å²) in [7, 11) is 4.89. The van der Waals surface area contributed by atoms with Crippen molar-refractivity contribution in [3.05, 3.63) is 65.9 Å². The maximum Gasteiger partial charge on any atom is 0.240 e. The number of fused-ring (bicyclic) bond motifs is 1. The molecule has 0 spiro atoms. The first kappa shape index (κ1) is 14.6. The first-order valence-electron chi connectivity index (χ1n) is 7.07. The molecule has 4 heteroatoms. The molecule has 0 fully saturated rings. The van der Waals surface area contributed by atoms with E-state index in [2.05, 4.69) is 4.98 Å². The second-order valence-corrected chi connectivity index (χ2v) is 5.00. The summed E-state index contributed by atoms with van der Waals surface area (Å²) in [4.78, 5) is 3.38. The smallest absolute Gasteiger partial charge is 0.240 e. The number of para-hydroxylation sites is 2. The Hall–Kier alpha value is -2.30. The number of hydrogen-bond acceptors (Lipinski definition) is 3. The fraction of sp³-hybridized carbons (Fsp3) is 0.222. The van der Waals surface area contributed by atoms with E-state index >= 15 is 0 Å². The van der Waals surface area contributed by atoms with Gasteiger partial charge in [-0.2, -0.15) is 0 Å². The molecule has 0 aliphatic rings. The summed E-state index contributed by atoms with van der Waals surface area (Å²) in [6, 6.07) is 17.8. The van der Waals surface area contributed by atoms with E-state index in [4.69, 9.17) is 14.2 Å². The third-order valence-corrected chi connectivity index (χ3v) is 3.92. The highest BCUT2D eigenvalue weighted by Crippen LogP contribution is 2.39. The lowest BCUT2D eigenvalue weighted by molar-refractivity contribution is -0.186. The predicted molar refractivity (Wildman–Crippen MR) is 86.1 cm³/mol. The first-order valence-corrected chi connectivity index (χ1v) is 7.07. The molecule has 0 unspecified atom stereocenters. The average Bonchev–Trinajstić information content (AvgIpc) is 3.01. The Bertz CT molecular complexity index is 742. The fourth-order valence-corrected chi connectivity index (χ4v) is 2.84. The molecule has 1 N–H and O–H groups in total. The van der Waals surface area contributed by atoms with Crippen molar-refractivity contribution < 1.29 is 14.2 Å². The average molecular weight is 297 g/mol. The van der Waals surface area contributed by atoms with E-state index in [0.717, 1.165) is 22.2 Å². The lowest BCUT2D eigenvalue weighted by atomic mass is 10.0. The molecular formula is C18H19NO3. The van der Waals surface area contributed by atoms with Gasteiger partial charge in [-0.25, -0.2) is 0 Å². The molecule has 0 atom stereocenters. The van der Waals surface area contributed by atoms with Crippen LogP contribution < -0.4 is 4.74 Å². The van der Waals surface area contributed by atoms with E-state index in [0.29, 0.717) is 5.75 Å². The molecule has 3 rings (SSSR count). The minimum Gasteiger partial charge on any atom is -0.496 e. The van der Waals surface area contributed by atoms with Crippen molar-refractivity contribution in [3.8, 4) is 5.75 Å². The molecular weight excluding hydrogens is 278 g/mol. The SMILES string of the molecule is COc1ccccc1C(OC)(OC)c1cc2ccccc2[nH]1. The molecule has 1 heterocycles. The molecule has 0 saturated heterocycles. The maximum atomic E-state index is 5.80. The van der Waals surface area contributed by atoms with Crippen LogP contribution >= 0.6 is 0 Å². The highest BCUT2D eigenvalue weighted by Gasteiger charge is 2.38. The third-order valence-electron chi connectivity index (χ3n) is 3.92. The highest BCUT2D eigenvalue weighted by molar-refractivity contribution is 5.80. The topological polar surface area (TPSA) is 43.5 Å². The van der Waals surface area contributed by atoms with Gasteiger partial charge in [0.2, 0.25) is 5.79 Å². The van der Waals surface area contributed by atoms with Gasteiger partial charge in [0.15, 0.2) is 0 Å². The number of ether oxygens (including phenoxy) is 3. The quantitative estimate of drug-likeness (QED) is 0.731. The van der Waals surface area contributed by atoms with Crippen molar-refractivity contribution in [1.29, 1.82) is 0 Å².